The zero-order valence-electron chi connectivity index (χ0n) is 11.9. The summed E-state index contributed by atoms with van der Waals surface area (Å²) >= 11 is 0. The number of hydrogen-bond donors (Lipinski definition) is 0. The van der Waals surface area contributed by atoms with Gasteiger partial charge >= 0.3 is 0 Å². The number of nitrogens with zero attached hydrogens (tertiary/aromatic N) is 1. The summed E-state index contributed by atoms with van der Waals surface area (Å²) in [5.41, 5.74) is 2.02. The Bertz CT molecular complexity index is 587. The molecule has 0 bridgehead atoms. The molecule has 0 N–H and O–H groups in total. The lowest BCUT2D eigenvalue weighted by Gasteiger charge is -2.25. The topological polar surface area (TPSA) is 33.5 Å². The Hall–Kier alpha value is -2.03. The smallest absolute Gasteiger partial charge is 0.257 e. The van der Waals surface area contributed by atoms with Gasteiger partial charge in [-0.1, -0.05) is 44.2 Å². The molecule has 0 saturated carbocycles. The molecular formula is C17H19NO2. The highest BCUT2D eigenvalue weighted by atomic mass is 16.3. The zero-order valence-corrected chi connectivity index (χ0v) is 11.9. The lowest BCUT2D eigenvalue weighted by atomic mass is 9.78. The van der Waals surface area contributed by atoms with E-state index in [9.17, 15) is 4.79 Å². The molecule has 0 aliphatic carbocycles. The lowest BCUT2D eigenvalue weighted by Crippen LogP contribution is -2.29. The Kier molecular flexibility index (Phi) is 3.13. The maximum Gasteiger partial charge on any atom is 0.257 e. The summed E-state index contributed by atoms with van der Waals surface area (Å²) in [7, 11) is 0. The zero-order chi connectivity index (χ0) is 14.2. The summed E-state index contributed by atoms with van der Waals surface area (Å²) in [6.07, 6.45) is 3.06. The fourth-order valence-corrected chi connectivity index (χ4v) is 3.10. The van der Waals surface area contributed by atoms with Gasteiger partial charge in [0.05, 0.1) is 11.8 Å². The van der Waals surface area contributed by atoms with E-state index in [4.69, 9.17) is 4.42 Å². The minimum Gasteiger partial charge on any atom is -0.472 e. The van der Waals surface area contributed by atoms with Crippen molar-refractivity contribution < 1.29 is 9.21 Å². The average molecular weight is 269 g/mol. The summed E-state index contributed by atoms with van der Waals surface area (Å²) in [5, 5.41) is 0. The van der Waals surface area contributed by atoms with E-state index in [2.05, 4.69) is 38.1 Å². The predicted molar refractivity (Wildman–Crippen MR) is 77.6 cm³/mol. The fourth-order valence-electron chi connectivity index (χ4n) is 3.10. The second-order valence-electron chi connectivity index (χ2n) is 6.15. The molecule has 1 aliphatic heterocycles. The van der Waals surface area contributed by atoms with Crippen molar-refractivity contribution in [1.29, 1.82) is 0 Å². The Morgan fingerprint density at radius 1 is 1.25 bits per heavy atom. The van der Waals surface area contributed by atoms with Crippen molar-refractivity contribution in [2.75, 3.05) is 13.1 Å². The van der Waals surface area contributed by atoms with Crippen LogP contribution in [-0.4, -0.2) is 23.9 Å². The van der Waals surface area contributed by atoms with E-state index < -0.39 is 0 Å². The number of furan rings is 1. The van der Waals surface area contributed by atoms with Crippen LogP contribution < -0.4 is 0 Å². The van der Waals surface area contributed by atoms with Crippen LogP contribution in [0.4, 0.5) is 0 Å². The number of carbonyl (C=O) groups excluding carboxylic acids is 1. The van der Waals surface area contributed by atoms with Gasteiger partial charge in [0.1, 0.15) is 6.26 Å². The minimum absolute atomic E-state index is 0.0604. The van der Waals surface area contributed by atoms with Gasteiger partial charge < -0.3 is 9.32 Å². The van der Waals surface area contributed by atoms with E-state index >= 15 is 0 Å². The van der Waals surface area contributed by atoms with Crippen molar-refractivity contribution in [2.45, 2.75) is 19.8 Å². The van der Waals surface area contributed by atoms with E-state index in [0.717, 1.165) is 13.1 Å². The number of benzene rings is 1. The SMILES string of the molecule is CC1(C)CN(C(=O)c2ccoc2)C[C@H]1c1ccccc1. The van der Waals surface area contributed by atoms with E-state index in [-0.39, 0.29) is 11.3 Å². The molecule has 3 nitrogen and oxygen atoms in total. The van der Waals surface area contributed by atoms with E-state index in [1.807, 2.05) is 11.0 Å². The third-order valence-electron chi connectivity index (χ3n) is 4.20. The first-order valence-electron chi connectivity index (χ1n) is 6.94. The Labute approximate surface area is 119 Å². The number of rotatable bonds is 2. The molecule has 1 aromatic carbocycles. The van der Waals surface area contributed by atoms with Gasteiger partial charge in [0.2, 0.25) is 0 Å². The highest BCUT2D eigenvalue weighted by molar-refractivity contribution is 5.94. The molecule has 1 aliphatic rings. The first-order valence-corrected chi connectivity index (χ1v) is 6.94. The van der Waals surface area contributed by atoms with Gasteiger partial charge in [0, 0.05) is 19.0 Å². The van der Waals surface area contributed by atoms with Crippen LogP contribution in [0.5, 0.6) is 0 Å². The molecule has 3 rings (SSSR count). The monoisotopic (exact) mass is 269 g/mol. The molecule has 20 heavy (non-hydrogen) atoms. The highest BCUT2D eigenvalue weighted by Crippen LogP contribution is 2.42. The molecule has 0 unspecified atom stereocenters. The second kappa shape index (κ2) is 4.82. The van der Waals surface area contributed by atoms with Crippen molar-refractivity contribution in [3.05, 3.63) is 60.1 Å². The molecule has 0 spiro atoms. The van der Waals surface area contributed by atoms with Crippen LogP contribution in [0.15, 0.2) is 53.3 Å². The Balaban J connectivity index is 1.84. The van der Waals surface area contributed by atoms with Gasteiger partial charge in [-0.2, -0.15) is 0 Å². The standard InChI is InChI=1S/C17H19NO2/c1-17(2)12-18(16(19)14-8-9-20-11-14)10-15(17)13-6-4-3-5-7-13/h3-9,11,15H,10,12H2,1-2H3/t15-/m0/s1. The molecule has 3 heteroatoms. The molecule has 1 amide bonds. The normalized spacial score (nSPS) is 21.1. The Morgan fingerprint density at radius 3 is 2.65 bits per heavy atom. The van der Waals surface area contributed by atoms with E-state index in [1.165, 1.54) is 11.8 Å². The Morgan fingerprint density at radius 2 is 2.00 bits per heavy atom. The van der Waals surface area contributed by atoms with Gasteiger partial charge in [0.15, 0.2) is 0 Å². The molecule has 1 aromatic heterocycles. The summed E-state index contributed by atoms with van der Waals surface area (Å²) in [5.74, 6) is 0.435. The number of carbonyl (C=O) groups is 1. The molecule has 0 radical (unpaired) electrons. The number of likely N-dealkylation sites (tertiary alicyclic amines) is 1. The number of hydrogen-bond acceptors (Lipinski definition) is 2. The molecule has 1 fully saturated rings. The minimum atomic E-state index is 0.0604. The van der Waals surface area contributed by atoms with Crippen LogP contribution in [0.2, 0.25) is 0 Å². The third-order valence-corrected chi connectivity index (χ3v) is 4.20. The van der Waals surface area contributed by atoms with Crippen LogP contribution >= 0.6 is 0 Å². The van der Waals surface area contributed by atoms with Crippen LogP contribution in [0.25, 0.3) is 0 Å². The van der Waals surface area contributed by atoms with E-state index in [1.54, 1.807) is 12.3 Å². The molecule has 2 aromatic rings. The molecule has 1 atom stereocenters. The van der Waals surface area contributed by atoms with Gasteiger partial charge in [-0.3, -0.25) is 4.79 Å². The van der Waals surface area contributed by atoms with Gasteiger partial charge in [0.25, 0.3) is 5.91 Å². The maximum absolute atomic E-state index is 12.4. The highest BCUT2D eigenvalue weighted by Gasteiger charge is 2.42. The average Bonchev–Trinajstić information content (AvgIpc) is 3.06. The van der Waals surface area contributed by atoms with Crippen LogP contribution in [0, 0.1) is 5.41 Å². The van der Waals surface area contributed by atoms with Crippen molar-refractivity contribution in [1.82, 2.24) is 4.90 Å². The van der Waals surface area contributed by atoms with Crippen LogP contribution in [0.1, 0.15) is 35.7 Å². The second-order valence-corrected chi connectivity index (χ2v) is 6.15. The van der Waals surface area contributed by atoms with Gasteiger partial charge in [-0.05, 0) is 17.0 Å². The van der Waals surface area contributed by atoms with Crippen molar-refractivity contribution in [3.8, 4) is 0 Å². The molecular weight excluding hydrogens is 250 g/mol. The molecule has 2 heterocycles. The molecule has 104 valence electrons. The summed E-state index contributed by atoms with van der Waals surface area (Å²) < 4.78 is 5.01. The van der Waals surface area contributed by atoms with Crippen molar-refractivity contribution >= 4 is 5.91 Å². The van der Waals surface area contributed by atoms with Crippen LogP contribution in [0.3, 0.4) is 0 Å². The third kappa shape index (κ3) is 2.24. The van der Waals surface area contributed by atoms with Crippen molar-refractivity contribution in [3.63, 3.8) is 0 Å². The number of amides is 1. The fraction of sp³-hybridized carbons (Fsp3) is 0.353. The van der Waals surface area contributed by atoms with Crippen LogP contribution in [-0.2, 0) is 0 Å². The quantitative estimate of drug-likeness (QED) is 0.835. The summed E-state index contributed by atoms with van der Waals surface area (Å²) in [4.78, 5) is 14.4. The van der Waals surface area contributed by atoms with E-state index in [0.29, 0.717) is 11.5 Å². The lowest BCUT2D eigenvalue weighted by molar-refractivity contribution is 0.0777. The maximum atomic E-state index is 12.4. The largest absolute Gasteiger partial charge is 0.472 e. The first kappa shape index (κ1) is 13.0. The van der Waals surface area contributed by atoms with Crippen molar-refractivity contribution in [2.24, 2.45) is 5.41 Å². The molecule has 1 saturated heterocycles. The van der Waals surface area contributed by atoms with Gasteiger partial charge in [-0.15, -0.1) is 0 Å². The first-order chi connectivity index (χ1) is 9.58. The summed E-state index contributed by atoms with van der Waals surface area (Å²) in [6.45, 7) is 6.00. The summed E-state index contributed by atoms with van der Waals surface area (Å²) in [6, 6.07) is 12.2. The predicted octanol–water partition coefficient (Wildman–Crippen LogP) is 3.55. The van der Waals surface area contributed by atoms with Gasteiger partial charge in [-0.25, -0.2) is 0 Å².